The number of nitrogens with zero attached hydrogens (tertiary/aromatic N) is 2. The highest BCUT2D eigenvalue weighted by molar-refractivity contribution is 5.82. The number of hydrogen-bond donors (Lipinski definition) is 0. The second kappa shape index (κ2) is 3.34. The van der Waals surface area contributed by atoms with Crippen LogP contribution in [0.1, 0.15) is 25.3 Å². The molecule has 0 fully saturated rings. The van der Waals surface area contributed by atoms with E-state index >= 15 is 0 Å². The molecule has 3 aromatic rings. The Kier molecular flexibility index (Phi) is 1.96. The normalized spacial score (nSPS) is 11.7. The summed E-state index contributed by atoms with van der Waals surface area (Å²) in [6.45, 7) is 4.40. The van der Waals surface area contributed by atoms with Gasteiger partial charge < -0.3 is 0 Å². The van der Waals surface area contributed by atoms with Gasteiger partial charge in [0.25, 0.3) is 0 Å². The topological polar surface area (TPSA) is 17.3 Å². The third kappa shape index (κ3) is 1.23. The molecule has 0 aliphatic rings. The van der Waals surface area contributed by atoms with Gasteiger partial charge in [0.15, 0.2) is 0 Å². The first-order valence-corrected chi connectivity index (χ1v) is 5.63. The van der Waals surface area contributed by atoms with Gasteiger partial charge in [-0.05, 0) is 18.1 Å². The van der Waals surface area contributed by atoms with Crippen molar-refractivity contribution in [3.05, 3.63) is 48.2 Å². The summed E-state index contributed by atoms with van der Waals surface area (Å²) in [6, 6.07) is 12.7. The SMILES string of the molecule is CC(C)c1cnn2c1ccc1ccccc12. The molecular formula is C14H14N2. The first kappa shape index (κ1) is 9.40. The molecule has 0 saturated carbocycles. The summed E-state index contributed by atoms with van der Waals surface area (Å²) >= 11 is 0. The smallest absolute Gasteiger partial charge is 0.0725 e. The van der Waals surface area contributed by atoms with Gasteiger partial charge in [0, 0.05) is 10.9 Å². The Bertz CT molecular complexity index is 650. The summed E-state index contributed by atoms with van der Waals surface area (Å²) in [4.78, 5) is 0. The van der Waals surface area contributed by atoms with Crippen molar-refractivity contribution in [2.24, 2.45) is 0 Å². The molecule has 1 aromatic carbocycles. The molecule has 0 spiro atoms. The lowest BCUT2D eigenvalue weighted by Crippen LogP contribution is -1.91. The van der Waals surface area contributed by atoms with Gasteiger partial charge >= 0.3 is 0 Å². The maximum absolute atomic E-state index is 4.48. The van der Waals surface area contributed by atoms with Crippen molar-refractivity contribution in [3.63, 3.8) is 0 Å². The maximum Gasteiger partial charge on any atom is 0.0725 e. The molecule has 0 aliphatic carbocycles. The standard InChI is InChI=1S/C14H14N2/c1-10(2)12-9-15-16-13-6-4-3-5-11(13)7-8-14(12)16/h3-10H,1-2H3. The average Bonchev–Trinajstić information content (AvgIpc) is 2.73. The first-order valence-electron chi connectivity index (χ1n) is 5.63. The fourth-order valence-electron chi connectivity index (χ4n) is 2.16. The van der Waals surface area contributed by atoms with E-state index in [4.69, 9.17) is 0 Å². The quantitative estimate of drug-likeness (QED) is 0.599. The van der Waals surface area contributed by atoms with Gasteiger partial charge in [-0.15, -0.1) is 0 Å². The van der Waals surface area contributed by atoms with Crippen LogP contribution >= 0.6 is 0 Å². The summed E-state index contributed by atoms with van der Waals surface area (Å²) in [5, 5.41) is 5.71. The van der Waals surface area contributed by atoms with Gasteiger partial charge in [0.2, 0.25) is 0 Å². The van der Waals surface area contributed by atoms with Gasteiger partial charge in [0.1, 0.15) is 0 Å². The van der Waals surface area contributed by atoms with Crippen LogP contribution in [0.25, 0.3) is 16.4 Å². The molecule has 0 N–H and O–H groups in total. The first-order chi connectivity index (χ1) is 7.77. The van der Waals surface area contributed by atoms with E-state index in [1.165, 1.54) is 22.0 Å². The largest absolute Gasteiger partial charge is 0.233 e. The Morgan fingerprint density at radius 1 is 1.00 bits per heavy atom. The van der Waals surface area contributed by atoms with E-state index in [-0.39, 0.29) is 0 Å². The van der Waals surface area contributed by atoms with Crippen LogP contribution in [-0.2, 0) is 0 Å². The zero-order valence-corrected chi connectivity index (χ0v) is 9.51. The van der Waals surface area contributed by atoms with Crippen molar-refractivity contribution in [1.82, 2.24) is 9.61 Å². The van der Waals surface area contributed by atoms with E-state index in [9.17, 15) is 0 Å². The highest BCUT2D eigenvalue weighted by atomic mass is 15.2. The number of pyridine rings is 1. The van der Waals surface area contributed by atoms with Gasteiger partial charge in [-0.1, -0.05) is 38.1 Å². The monoisotopic (exact) mass is 210 g/mol. The van der Waals surface area contributed by atoms with Gasteiger partial charge in [0.05, 0.1) is 17.2 Å². The van der Waals surface area contributed by atoms with Crippen molar-refractivity contribution >= 4 is 16.4 Å². The molecule has 0 aliphatic heterocycles. The van der Waals surface area contributed by atoms with Gasteiger partial charge in [-0.2, -0.15) is 5.10 Å². The van der Waals surface area contributed by atoms with E-state index in [1.54, 1.807) is 0 Å². The number of fused-ring (bicyclic) bond motifs is 3. The molecule has 0 saturated heterocycles. The number of aromatic nitrogens is 2. The van der Waals surface area contributed by atoms with Gasteiger partial charge in [-0.25, -0.2) is 4.52 Å². The van der Waals surface area contributed by atoms with E-state index in [1.807, 2.05) is 10.7 Å². The molecule has 2 aromatic heterocycles. The molecule has 2 heteroatoms. The number of para-hydroxylation sites is 1. The summed E-state index contributed by atoms with van der Waals surface area (Å²) in [6.07, 6.45) is 1.98. The lowest BCUT2D eigenvalue weighted by atomic mass is 10.1. The molecule has 0 amide bonds. The van der Waals surface area contributed by atoms with Crippen molar-refractivity contribution < 1.29 is 0 Å². The van der Waals surface area contributed by atoms with Crippen LogP contribution in [0.15, 0.2) is 42.6 Å². The number of hydrogen-bond acceptors (Lipinski definition) is 1. The molecule has 80 valence electrons. The number of benzene rings is 1. The van der Waals surface area contributed by atoms with Crippen LogP contribution in [-0.4, -0.2) is 9.61 Å². The van der Waals surface area contributed by atoms with Crippen molar-refractivity contribution in [1.29, 1.82) is 0 Å². The van der Waals surface area contributed by atoms with Crippen LogP contribution in [0, 0.1) is 0 Å². The summed E-state index contributed by atoms with van der Waals surface area (Å²) in [5.41, 5.74) is 3.70. The van der Waals surface area contributed by atoms with Crippen LogP contribution in [0.4, 0.5) is 0 Å². The van der Waals surface area contributed by atoms with Crippen molar-refractivity contribution in [2.75, 3.05) is 0 Å². The highest BCUT2D eigenvalue weighted by Gasteiger charge is 2.08. The summed E-state index contributed by atoms with van der Waals surface area (Å²) in [7, 11) is 0. The van der Waals surface area contributed by atoms with Crippen LogP contribution in [0.3, 0.4) is 0 Å². The van der Waals surface area contributed by atoms with E-state index in [2.05, 4.69) is 55.3 Å². The van der Waals surface area contributed by atoms with Crippen LogP contribution in [0.5, 0.6) is 0 Å². The molecule has 0 bridgehead atoms. The minimum Gasteiger partial charge on any atom is -0.233 e. The van der Waals surface area contributed by atoms with Crippen LogP contribution in [0.2, 0.25) is 0 Å². The Morgan fingerprint density at radius 3 is 2.62 bits per heavy atom. The second-order valence-corrected chi connectivity index (χ2v) is 4.44. The Hall–Kier alpha value is -1.83. The molecule has 2 nitrogen and oxygen atoms in total. The van der Waals surface area contributed by atoms with Crippen molar-refractivity contribution in [2.45, 2.75) is 19.8 Å². The minimum atomic E-state index is 0.513. The van der Waals surface area contributed by atoms with Gasteiger partial charge in [-0.3, -0.25) is 0 Å². The van der Waals surface area contributed by atoms with E-state index in [0.717, 1.165) is 0 Å². The second-order valence-electron chi connectivity index (χ2n) is 4.44. The Labute approximate surface area is 94.5 Å². The molecule has 0 atom stereocenters. The highest BCUT2D eigenvalue weighted by Crippen LogP contribution is 2.23. The number of rotatable bonds is 1. The predicted molar refractivity (Wildman–Crippen MR) is 66.8 cm³/mol. The molecule has 3 rings (SSSR count). The lowest BCUT2D eigenvalue weighted by molar-refractivity contribution is 0.875. The van der Waals surface area contributed by atoms with E-state index in [0.29, 0.717) is 5.92 Å². The molecule has 16 heavy (non-hydrogen) atoms. The molecule has 0 unspecified atom stereocenters. The van der Waals surface area contributed by atoms with Crippen LogP contribution < -0.4 is 0 Å². The third-order valence-electron chi connectivity index (χ3n) is 3.04. The molecule has 0 radical (unpaired) electrons. The summed E-state index contributed by atoms with van der Waals surface area (Å²) in [5.74, 6) is 0.513. The Morgan fingerprint density at radius 2 is 1.81 bits per heavy atom. The maximum atomic E-state index is 4.48. The fourth-order valence-corrected chi connectivity index (χ4v) is 2.16. The summed E-state index contributed by atoms with van der Waals surface area (Å²) < 4.78 is 2.03. The zero-order valence-electron chi connectivity index (χ0n) is 9.51. The molecule has 2 heterocycles. The lowest BCUT2D eigenvalue weighted by Gasteiger charge is -2.04. The third-order valence-corrected chi connectivity index (χ3v) is 3.04. The average molecular weight is 210 g/mol. The molecular weight excluding hydrogens is 196 g/mol. The zero-order chi connectivity index (χ0) is 11.1. The fraction of sp³-hybridized carbons (Fsp3) is 0.214. The van der Waals surface area contributed by atoms with Crippen molar-refractivity contribution in [3.8, 4) is 0 Å². The van der Waals surface area contributed by atoms with E-state index < -0.39 is 0 Å². The predicted octanol–water partition coefficient (Wildman–Crippen LogP) is 3.61. The minimum absolute atomic E-state index is 0.513. The Balaban J connectivity index is 2.45.